The molecule has 8 heteroatoms. The average Bonchev–Trinajstić information content (AvgIpc) is 2.86. The zero-order chi connectivity index (χ0) is 14.0. The van der Waals surface area contributed by atoms with Gasteiger partial charge in [0.25, 0.3) is 5.69 Å². The third-order valence-corrected chi connectivity index (χ3v) is 2.43. The molecule has 1 aromatic heterocycles. The van der Waals surface area contributed by atoms with Gasteiger partial charge in [-0.1, -0.05) is 0 Å². The molecule has 1 N–H and O–H groups in total. The minimum absolute atomic E-state index is 0.0604. The van der Waals surface area contributed by atoms with Gasteiger partial charge in [-0.2, -0.15) is 5.26 Å². The van der Waals surface area contributed by atoms with E-state index in [4.69, 9.17) is 10.4 Å². The van der Waals surface area contributed by atoms with Gasteiger partial charge < -0.3 is 5.11 Å². The van der Waals surface area contributed by atoms with Crippen LogP contribution in [0.4, 0.5) is 5.69 Å². The first-order valence-corrected chi connectivity index (χ1v) is 5.00. The van der Waals surface area contributed by atoms with Crippen molar-refractivity contribution in [3.8, 4) is 11.8 Å². The van der Waals surface area contributed by atoms with Gasteiger partial charge in [0.2, 0.25) is 5.82 Å². The fourth-order valence-electron chi connectivity index (χ4n) is 1.60. The van der Waals surface area contributed by atoms with E-state index in [9.17, 15) is 14.9 Å². The standard InChI is InChI=1S/C11H6N4O4/c12-6-10-13-3-4-14(10)7-1-2-9(15(18)19)8(5-7)11(16)17/h1-5H,(H,16,17). The van der Waals surface area contributed by atoms with Crippen LogP contribution in [0, 0.1) is 21.4 Å². The molecule has 1 heterocycles. The number of nitro benzene ring substituents is 1. The van der Waals surface area contributed by atoms with Crippen molar-refractivity contribution in [2.24, 2.45) is 0 Å². The van der Waals surface area contributed by atoms with Gasteiger partial charge in [-0.05, 0) is 12.1 Å². The second kappa shape index (κ2) is 4.58. The molecule has 2 aromatic rings. The Kier molecular flexibility index (Phi) is 2.95. The summed E-state index contributed by atoms with van der Waals surface area (Å²) in [5.74, 6) is -1.35. The van der Waals surface area contributed by atoms with Crippen LogP contribution < -0.4 is 0 Å². The van der Waals surface area contributed by atoms with Gasteiger partial charge in [0, 0.05) is 24.1 Å². The van der Waals surface area contributed by atoms with Crippen LogP contribution in [0.25, 0.3) is 5.69 Å². The monoisotopic (exact) mass is 258 g/mol. The van der Waals surface area contributed by atoms with Crippen LogP contribution >= 0.6 is 0 Å². The summed E-state index contributed by atoms with van der Waals surface area (Å²) in [6.07, 6.45) is 2.84. The van der Waals surface area contributed by atoms with Crippen molar-refractivity contribution in [2.75, 3.05) is 0 Å². The molecule has 19 heavy (non-hydrogen) atoms. The molecule has 0 aliphatic carbocycles. The number of imidazole rings is 1. The summed E-state index contributed by atoms with van der Waals surface area (Å²) in [5, 5.41) is 28.5. The van der Waals surface area contributed by atoms with Crippen LogP contribution in [-0.4, -0.2) is 25.6 Å². The fourth-order valence-corrected chi connectivity index (χ4v) is 1.60. The SMILES string of the molecule is N#Cc1nccn1-c1ccc([N+](=O)[O-])c(C(=O)O)c1. The van der Waals surface area contributed by atoms with Crippen molar-refractivity contribution in [3.05, 3.63) is 52.1 Å². The molecule has 0 aliphatic heterocycles. The van der Waals surface area contributed by atoms with Gasteiger partial charge >= 0.3 is 5.97 Å². The van der Waals surface area contributed by atoms with Crippen molar-refractivity contribution in [2.45, 2.75) is 0 Å². The minimum atomic E-state index is -1.41. The molecule has 0 bridgehead atoms. The number of hydrogen-bond acceptors (Lipinski definition) is 5. The average molecular weight is 258 g/mol. The van der Waals surface area contributed by atoms with Crippen LogP contribution in [0.3, 0.4) is 0 Å². The quantitative estimate of drug-likeness (QED) is 0.654. The molecule has 94 valence electrons. The number of nitriles is 1. The molecule has 1 aromatic carbocycles. The molecule has 2 rings (SSSR count). The third-order valence-electron chi connectivity index (χ3n) is 2.43. The lowest BCUT2D eigenvalue weighted by Crippen LogP contribution is -2.05. The van der Waals surface area contributed by atoms with Gasteiger partial charge in [-0.25, -0.2) is 9.78 Å². The molecular formula is C11H6N4O4. The van der Waals surface area contributed by atoms with Gasteiger partial charge in [0.05, 0.1) is 4.92 Å². The Hall–Kier alpha value is -3.21. The van der Waals surface area contributed by atoms with E-state index >= 15 is 0 Å². The highest BCUT2D eigenvalue weighted by Gasteiger charge is 2.20. The van der Waals surface area contributed by atoms with E-state index in [0.29, 0.717) is 5.69 Å². The molecule has 0 fully saturated rings. The number of rotatable bonds is 3. The second-order valence-corrected chi connectivity index (χ2v) is 3.50. The van der Waals surface area contributed by atoms with E-state index in [1.807, 2.05) is 6.07 Å². The summed E-state index contributed by atoms with van der Waals surface area (Å²) in [6.45, 7) is 0. The molecule has 0 atom stereocenters. The van der Waals surface area contributed by atoms with Crippen LogP contribution in [-0.2, 0) is 0 Å². The highest BCUT2D eigenvalue weighted by Crippen LogP contribution is 2.22. The lowest BCUT2D eigenvalue weighted by molar-refractivity contribution is -0.385. The van der Waals surface area contributed by atoms with Gasteiger partial charge in [0.15, 0.2) is 0 Å². The Balaban J connectivity index is 2.63. The second-order valence-electron chi connectivity index (χ2n) is 3.50. The molecule has 0 spiro atoms. The lowest BCUT2D eigenvalue weighted by Gasteiger charge is -2.05. The van der Waals surface area contributed by atoms with Crippen LogP contribution in [0.15, 0.2) is 30.6 Å². The number of carboxylic acid groups (broad SMARTS) is 1. The van der Waals surface area contributed by atoms with Crippen LogP contribution in [0.5, 0.6) is 0 Å². The van der Waals surface area contributed by atoms with E-state index < -0.39 is 22.1 Å². The fraction of sp³-hybridized carbons (Fsp3) is 0. The highest BCUT2D eigenvalue weighted by molar-refractivity contribution is 5.93. The first kappa shape index (κ1) is 12.3. The number of carboxylic acids is 1. The highest BCUT2D eigenvalue weighted by atomic mass is 16.6. The van der Waals surface area contributed by atoms with E-state index in [-0.39, 0.29) is 5.82 Å². The predicted molar refractivity (Wildman–Crippen MR) is 61.9 cm³/mol. The van der Waals surface area contributed by atoms with Gasteiger partial charge in [0.1, 0.15) is 11.6 Å². The lowest BCUT2D eigenvalue weighted by atomic mass is 10.1. The number of benzene rings is 1. The third kappa shape index (κ3) is 2.12. The minimum Gasteiger partial charge on any atom is -0.477 e. The van der Waals surface area contributed by atoms with Crippen molar-refractivity contribution in [1.29, 1.82) is 5.26 Å². The topological polar surface area (TPSA) is 122 Å². The van der Waals surface area contributed by atoms with Crippen LogP contribution in [0.1, 0.15) is 16.2 Å². The number of nitro groups is 1. The number of aromatic carboxylic acids is 1. The maximum absolute atomic E-state index is 11.0. The zero-order valence-electron chi connectivity index (χ0n) is 9.35. The summed E-state index contributed by atoms with van der Waals surface area (Å²) < 4.78 is 1.34. The summed E-state index contributed by atoms with van der Waals surface area (Å²) in [4.78, 5) is 24.7. The Bertz CT molecular complexity index is 714. The number of carbonyl (C=O) groups is 1. The molecule has 0 aliphatic rings. The van der Waals surface area contributed by atoms with Gasteiger partial charge in [-0.15, -0.1) is 0 Å². The van der Waals surface area contributed by atoms with Gasteiger partial charge in [-0.3, -0.25) is 14.7 Å². The molecule has 8 nitrogen and oxygen atoms in total. The molecule has 0 unspecified atom stereocenters. The van der Waals surface area contributed by atoms with Crippen molar-refractivity contribution < 1.29 is 14.8 Å². The van der Waals surface area contributed by atoms with Crippen molar-refractivity contribution >= 4 is 11.7 Å². The smallest absolute Gasteiger partial charge is 0.342 e. The Morgan fingerprint density at radius 1 is 1.53 bits per heavy atom. The maximum atomic E-state index is 11.0. The first-order chi connectivity index (χ1) is 9.04. The van der Waals surface area contributed by atoms with E-state index in [0.717, 1.165) is 12.1 Å². The van der Waals surface area contributed by atoms with Crippen molar-refractivity contribution in [1.82, 2.24) is 9.55 Å². The number of nitrogens with zero attached hydrogens (tertiary/aromatic N) is 4. The molecule has 0 radical (unpaired) electrons. The Morgan fingerprint density at radius 2 is 2.26 bits per heavy atom. The Morgan fingerprint density at radius 3 is 2.84 bits per heavy atom. The summed E-state index contributed by atoms with van der Waals surface area (Å²) in [6, 6.07) is 5.40. The molecule has 0 saturated heterocycles. The maximum Gasteiger partial charge on any atom is 0.342 e. The van der Waals surface area contributed by atoms with Crippen molar-refractivity contribution in [3.63, 3.8) is 0 Å². The Labute approximate surface area is 106 Å². The predicted octanol–water partition coefficient (Wildman–Crippen LogP) is 1.35. The van der Waals surface area contributed by atoms with E-state index in [1.165, 1.54) is 23.0 Å². The number of hydrogen-bond donors (Lipinski definition) is 1. The summed E-state index contributed by atoms with van der Waals surface area (Å²) >= 11 is 0. The first-order valence-electron chi connectivity index (χ1n) is 5.00. The summed E-state index contributed by atoms with van der Waals surface area (Å²) in [7, 11) is 0. The molecule has 0 amide bonds. The normalized spacial score (nSPS) is 9.84. The van der Waals surface area contributed by atoms with E-state index in [1.54, 1.807) is 0 Å². The molecule has 0 saturated carbocycles. The largest absolute Gasteiger partial charge is 0.477 e. The zero-order valence-corrected chi connectivity index (χ0v) is 9.35. The molecular weight excluding hydrogens is 252 g/mol. The summed E-state index contributed by atoms with van der Waals surface area (Å²) in [5.41, 5.74) is -0.632. The van der Waals surface area contributed by atoms with Crippen LogP contribution in [0.2, 0.25) is 0 Å². The number of aromatic nitrogens is 2. The van der Waals surface area contributed by atoms with E-state index in [2.05, 4.69) is 4.98 Å².